The van der Waals surface area contributed by atoms with Crippen LogP contribution in [-0.2, 0) is 10.0 Å². The predicted molar refractivity (Wildman–Crippen MR) is 70.9 cm³/mol. The Morgan fingerprint density at radius 3 is 2.56 bits per heavy atom. The molecule has 106 valence electrons. The molecular formula is C12H24N2O3S. The summed E-state index contributed by atoms with van der Waals surface area (Å²) in [6.07, 6.45) is 5.31. The second kappa shape index (κ2) is 5.45. The van der Waals surface area contributed by atoms with Crippen LogP contribution in [0.1, 0.15) is 38.5 Å². The Hall–Kier alpha value is -0.170. The highest BCUT2D eigenvalue weighted by molar-refractivity contribution is 7.89. The highest BCUT2D eigenvalue weighted by Gasteiger charge is 2.38. The molecule has 0 aromatic heterocycles. The van der Waals surface area contributed by atoms with Crippen molar-refractivity contribution < 1.29 is 13.5 Å². The van der Waals surface area contributed by atoms with Crippen molar-refractivity contribution >= 4 is 10.0 Å². The molecule has 1 aliphatic carbocycles. The van der Waals surface area contributed by atoms with Gasteiger partial charge in [-0.05, 0) is 25.8 Å². The van der Waals surface area contributed by atoms with Crippen LogP contribution in [0.3, 0.4) is 0 Å². The second-order valence-electron chi connectivity index (χ2n) is 5.71. The molecule has 0 amide bonds. The third-order valence-corrected chi connectivity index (χ3v) is 6.46. The number of hydrogen-bond acceptors (Lipinski definition) is 4. The lowest BCUT2D eigenvalue weighted by molar-refractivity contribution is 0.0459. The van der Waals surface area contributed by atoms with Gasteiger partial charge in [0, 0.05) is 20.1 Å². The molecule has 2 fully saturated rings. The number of likely N-dealkylation sites (N-methyl/N-ethyl adjacent to an activating group) is 1. The maximum absolute atomic E-state index is 12.4. The summed E-state index contributed by atoms with van der Waals surface area (Å²) >= 11 is 0. The number of aliphatic hydroxyl groups is 1. The largest absolute Gasteiger partial charge is 0.387 e. The van der Waals surface area contributed by atoms with Gasteiger partial charge in [-0.2, -0.15) is 0 Å². The lowest BCUT2D eigenvalue weighted by Crippen LogP contribution is -2.48. The smallest absolute Gasteiger partial charge is 0.216 e. The molecular weight excluding hydrogens is 252 g/mol. The molecule has 1 aliphatic heterocycles. The van der Waals surface area contributed by atoms with Gasteiger partial charge in [-0.3, -0.25) is 0 Å². The van der Waals surface area contributed by atoms with Crippen LogP contribution in [0.4, 0.5) is 0 Å². The number of sulfonamides is 1. The van der Waals surface area contributed by atoms with Crippen LogP contribution in [0.25, 0.3) is 0 Å². The van der Waals surface area contributed by atoms with E-state index in [0.29, 0.717) is 13.0 Å². The molecule has 0 spiro atoms. The van der Waals surface area contributed by atoms with Crippen LogP contribution >= 0.6 is 0 Å². The second-order valence-corrected chi connectivity index (χ2v) is 8.03. The molecule has 0 radical (unpaired) electrons. The third kappa shape index (κ3) is 3.04. The van der Waals surface area contributed by atoms with Gasteiger partial charge in [0.05, 0.1) is 10.9 Å². The fourth-order valence-corrected chi connectivity index (χ4v) is 4.85. The minimum absolute atomic E-state index is 0.207. The molecule has 1 saturated carbocycles. The van der Waals surface area contributed by atoms with E-state index >= 15 is 0 Å². The monoisotopic (exact) mass is 276 g/mol. The summed E-state index contributed by atoms with van der Waals surface area (Å²) in [6, 6.07) is 0. The topological polar surface area (TPSA) is 69.6 Å². The molecule has 0 aromatic carbocycles. The van der Waals surface area contributed by atoms with E-state index in [1.165, 1.54) is 4.31 Å². The van der Waals surface area contributed by atoms with Gasteiger partial charge in [-0.1, -0.05) is 19.3 Å². The van der Waals surface area contributed by atoms with E-state index in [4.69, 9.17) is 0 Å². The van der Waals surface area contributed by atoms with Gasteiger partial charge >= 0.3 is 0 Å². The fourth-order valence-electron chi connectivity index (χ4n) is 2.99. The first-order valence-electron chi connectivity index (χ1n) is 6.82. The first kappa shape index (κ1) is 14.2. The van der Waals surface area contributed by atoms with Gasteiger partial charge in [0.15, 0.2) is 0 Å². The number of rotatable bonds is 4. The zero-order valence-corrected chi connectivity index (χ0v) is 11.9. The molecule has 6 heteroatoms. The number of β-amino-alcohol motifs (C(OH)–C–C–N with tert-alkyl or cyclic N) is 1. The van der Waals surface area contributed by atoms with Crippen molar-refractivity contribution in [3.63, 3.8) is 0 Å². The van der Waals surface area contributed by atoms with Crippen molar-refractivity contribution in [2.75, 3.05) is 26.7 Å². The van der Waals surface area contributed by atoms with E-state index in [0.717, 1.165) is 38.6 Å². The first-order valence-corrected chi connectivity index (χ1v) is 8.33. The van der Waals surface area contributed by atoms with E-state index in [-0.39, 0.29) is 11.8 Å². The average Bonchev–Trinajstić information content (AvgIpc) is 2.77. The van der Waals surface area contributed by atoms with E-state index in [1.54, 1.807) is 7.05 Å². The van der Waals surface area contributed by atoms with Crippen molar-refractivity contribution in [2.24, 2.45) is 0 Å². The van der Waals surface area contributed by atoms with E-state index < -0.39 is 15.6 Å². The van der Waals surface area contributed by atoms with Gasteiger partial charge in [-0.15, -0.1) is 0 Å². The zero-order chi connectivity index (χ0) is 13.2. The lowest BCUT2D eigenvalue weighted by atomic mass is 10.0. The van der Waals surface area contributed by atoms with E-state index in [2.05, 4.69) is 5.32 Å². The molecule has 2 aliphatic rings. The Labute approximate surface area is 110 Å². The van der Waals surface area contributed by atoms with Gasteiger partial charge < -0.3 is 10.4 Å². The van der Waals surface area contributed by atoms with Gasteiger partial charge in [0.1, 0.15) is 0 Å². The van der Waals surface area contributed by atoms with Crippen molar-refractivity contribution in [2.45, 2.75) is 49.4 Å². The SMILES string of the molecule is CN(CC1(O)CCNC1)S(=O)(=O)C1CCCCC1. The van der Waals surface area contributed by atoms with Gasteiger partial charge in [0.25, 0.3) is 0 Å². The molecule has 1 atom stereocenters. The summed E-state index contributed by atoms with van der Waals surface area (Å²) in [5, 5.41) is 13.1. The first-order chi connectivity index (χ1) is 8.44. The summed E-state index contributed by atoms with van der Waals surface area (Å²) in [7, 11) is -1.64. The van der Waals surface area contributed by atoms with Crippen LogP contribution < -0.4 is 5.32 Å². The standard InChI is InChI=1S/C12H24N2O3S/c1-14(10-12(15)7-8-13-9-12)18(16,17)11-5-3-2-4-6-11/h11,13,15H,2-10H2,1H3. The maximum atomic E-state index is 12.4. The molecule has 2 N–H and O–H groups in total. The number of nitrogens with one attached hydrogen (secondary N) is 1. The molecule has 0 aromatic rings. The molecule has 5 nitrogen and oxygen atoms in total. The minimum Gasteiger partial charge on any atom is -0.387 e. The molecule has 18 heavy (non-hydrogen) atoms. The Morgan fingerprint density at radius 1 is 1.33 bits per heavy atom. The Kier molecular flexibility index (Phi) is 4.31. The minimum atomic E-state index is -3.24. The fraction of sp³-hybridized carbons (Fsp3) is 1.00. The summed E-state index contributed by atoms with van der Waals surface area (Å²) in [5.41, 5.74) is -0.892. The summed E-state index contributed by atoms with van der Waals surface area (Å²) in [6.45, 7) is 1.45. The quantitative estimate of drug-likeness (QED) is 0.775. The Morgan fingerprint density at radius 2 is 2.00 bits per heavy atom. The molecule has 1 saturated heterocycles. The normalized spacial score (nSPS) is 31.1. The van der Waals surface area contributed by atoms with Crippen molar-refractivity contribution in [1.82, 2.24) is 9.62 Å². The van der Waals surface area contributed by atoms with Crippen LogP contribution in [-0.4, -0.2) is 55.4 Å². The van der Waals surface area contributed by atoms with Crippen LogP contribution in [0.2, 0.25) is 0 Å². The highest BCUT2D eigenvalue weighted by atomic mass is 32.2. The van der Waals surface area contributed by atoms with E-state index in [9.17, 15) is 13.5 Å². The number of nitrogens with zero attached hydrogens (tertiary/aromatic N) is 1. The summed E-state index contributed by atoms with van der Waals surface area (Å²) in [4.78, 5) is 0. The lowest BCUT2D eigenvalue weighted by Gasteiger charge is -2.31. The average molecular weight is 276 g/mol. The van der Waals surface area contributed by atoms with Crippen LogP contribution in [0.15, 0.2) is 0 Å². The Bertz CT molecular complexity index is 371. The zero-order valence-electron chi connectivity index (χ0n) is 11.1. The summed E-state index contributed by atoms with van der Waals surface area (Å²) in [5.74, 6) is 0. The van der Waals surface area contributed by atoms with Crippen molar-refractivity contribution in [3.8, 4) is 0 Å². The van der Waals surface area contributed by atoms with Gasteiger partial charge in [-0.25, -0.2) is 12.7 Å². The predicted octanol–water partition coefficient (Wildman–Crippen LogP) is 0.305. The maximum Gasteiger partial charge on any atom is 0.216 e. The number of hydrogen-bond donors (Lipinski definition) is 2. The van der Waals surface area contributed by atoms with Crippen molar-refractivity contribution in [3.05, 3.63) is 0 Å². The molecule has 0 bridgehead atoms. The summed E-state index contributed by atoms with van der Waals surface area (Å²) < 4.78 is 26.2. The van der Waals surface area contributed by atoms with Crippen molar-refractivity contribution in [1.29, 1.82) is 0 Å². The van der Waals surface area contributed by atoms with Crippen LogP contribution in [0.5, 0.6) is 0 Å². The highest BCUT2D eigenvalue weighted by Crippen LogP contribution is 2.27. The Balaban J connectivity index is 2.00. The van der Waals surface area contributed by atoms with Crippen LogP contribution in [0, 0.1) is 0 Å². The third-order valence-electron chi connectivity index (χ3n) is 4.15. The molecule has 1 unspecified atom stereocenters. The molecule has 1 heterocycles. The molecule has 2 rings (SSSR count). The van der Waals surface area contributed by atoms with Gasteiger partial charge in [0.2, 0.25) is 10.0 Å². The van der Waals surface area contributed by atoms with E-state index in [1.807, 2.05) is 0 Å².